The van der Waals surface area contributed by atoms with Crippen LogP contribution in [0.1, 0.15) is 6.42 Å². The Balaban J connectivity index is 2.32. The molecule has 0 saturated carbocycles. The predicted molar refractivity (Wildman–Crippen MR) is 50.9 cm³/mol. The van der Waals surface area contributed by atoms with Crippen molar-refractivity contribution in [3.05, 3.63) is 30.1 Å². The number of sulfonamides is 1. The Labute approximate surface area is 87.3 Å². The van der Waals surface area contributed by atoms with Gasteiger partial charge in [0.25, 0.3) is 10.0 Å². The topological polar surface area (TPSA) is 46.6 Å². The van der Waals surface area contributed by atoms with Crippen LogP contribution in [0.4, 0.5) is 4.39 Å². The number of nitrogens with zero attached hydrogens (tertiary/aromatic N) is 1. The van der Waals surface area contributed by atoms with Gasteiger partial charge < -0.3 is 0 Å². The first kappa shape index (κ1) is 10.5. The monoisotopic (exact) mass is 231 g/mol. The highest BCUT2D eigenvalue weighted by Gasteiger charge is 2.28. The molecule has 1 aromatic carbocycles. The van der Waals surface area contributed by atoms with Gasteiger partial charge in [-0.05, 0) is 30.7 Å². The van der Waals surface area contributed by atoms with E-state index in [4.69, 9.17) is 4.84 Å². The molecule has 0 amide bonds. The minimum Gasteiger partial charge on any atom is -0.284 e. The van der Waals surface area contributed by atoms with Gasteiger partial charge in [-0.3, -0.25) is 4.84 Å². The van der Waals surface area contributed by atoms with Crippen molar-refractivity contribution < 1.29 is 17.6 Å². The summed E-state index contributed by atoms with van der Waals surface area (Å²) in [5.41, 5.74) is 0. The molecule has 0 radical (unpaired) electrons. The van der Waals surface area contributed by atoms with E-state index in [9.17, 15) is 12.8 Å². The largest absolute Gasteiger partial charge is 0.284 e. The zero-order valence-electron chi connectivity index (χ0n) is 7.89. The highest BCUT2D eigenvalue weighted by Crippen LogP contribution is 2.19. The van der Waals surface area contributed by atoms with Gasteiger partial charge in [-0.2, -0.15) is 0 Å². The molecule has 1 aliphatic rings. The number of benzene rings is 1. The molecule has 0 N–H and O–H groups in total. The molecular formula is C9H10FNO3S. The maximum absolute atomic E-state index is 12.6. The summed E-state index contributed by atoms with van der Waals surface area (Å²) in [5, 5.41) is 0. The molecular weight excluding hydrogens is 221 g/mol. The Kier molecular flexibility index (Phi) is 2.72. The molecule has 82 valence electrons. The lowest BCUT2D eigenvalue weighted by Crippen LogP contribution is -2.26. The third-order valence-electron chi connectivity index (χ3n) is 2.10. The maximum atomic E-state index is 12.6. The molecule has 0 unspecified atom stereocenters. The minimum absolute atomic E-state index is 0.0470. The summed E-state index contributed by atoms with van der Waals surface area (Å²) in [4.78, 5) is 5.00. The quantitative estimate of drug-likeness (QED) is 0.767. The molecule has 1 fully saturated rings. The standard InChI is InChI=1S/C9H10FNO3S/c10-8-2-4-9(5-3-8)15(12,13)11-6-1-7-14-11/h2-5H,1,6-7H2. The van der Waals surface area contributed by atoms with E-state index in [1.165, 1.54) is 12.1 Å². The number of halogens is 1. The number of rotatable bonds is 2. The number of hydrogen-bond acceptors (Lipinski definition) is 3. The zero-order valence-corrected chi connectivity index (χ0v) is 8.71. The van der Waals surface area contributed by atoms with Crippen molar-refractivity contribution in [1.82, 2.24) is 4.47 Å². The second-order valence-electron chi connectivity index (χ2n) is 3.17. The summed E-state index contributed by atoms with van der Waals surface area (Å²) in [7, 11) is -3.61. The fourth-order valence-corrected chi connectivity index (χ4v) is 2.64. The van der Waals surface area contributed by atoms with Gasteiger partial charge in [0, 0.05) is 6.54 Å². The molecule has 0 aromatic heterocycles. The van der Waals surface area contributed by atoms with Crippen molar-refractivity contribution in [1.29, 1.82) is 0 Å². The summed E-state index contributed by atoms with van der Waals surface area (Å²) >= 11 is 0. The van der Waals surface area contributed by atoms with Crippen molar-refractivity contribution in [2.45, 2.75) is 11.3 Å². The van der Waals surface area contributed by atoms with Gasteiger partial charge in [-0.25, -0.2) is 12.8 Å². The normalized spacial score (nSPS) is 18.2. The average Bonchev–Trinajstić information content (AvgIpc) is 2.71. The van der Waals surface area contributed by atoms with Gasteiger partial charge in [0.2, 0.25) is 0 Å². The van der Waals surface area contributed by atoms with E-state index in [-0.39, 0.29) is 4.90 Å². The molecule has 1 aliphatic heterocycles. The van der Waals surface area contributed by atoms with Crippen molar-refractivity contribution in [2.75, 3.05) is 13.2 Å². The predicted octanol–water partition coefficient (Wildman–Crippen LogP) is 1.15. The van der Waals surface area contributed by atoms with Crippen molar-refractivity contribution in [3.63, 3.8) is 0 Å². The Morgan fingerprint density at radius 1 is 1.27 bits per heavy atom. The first-order valence-corrected chi connectivity index (χ1v) is 5.96. The van der Waals surface area contributed by atoms with E-state index in [0.29, 0.717) is 19.6 Å². The molecule has 4 nitrogen and oxygen atoms in total. The number of hydrogen-bond donors (Lipinski definition) is 0. The first-order chi connectivity index (χ1) is 7.10. The highest BCUT2D eigenvalue weighted by molar-refractivity contribution is 7.89. The van der Waals surface area contributed by atoms with Crippen LogP contribution in [0, 0.1) is 5.82 Å². The molecule has 1 heterocycles. The molecule has 0 bridgehead atoms. The molecule has 0 spiro atoms. The van der Waals surface area contributed by atoms with E-state index in [0.717, 1.165) is 16.6 Å². The smallest absolute Gasteiger partial charge is 0.265 e. The molecule has 0 aliphatic carbocycles. The minimum atomic E-state index is -3.61. The SMILES string of the molecule is O=S(=O)(c1ccc(F)cc1)N1CCCO1. The molecule has 15 heavy (non-hydrogen) atoms. The Morgan fingerprint density at radius 3 is 2.47 bits per heavy atom. The Bertz CT molecular complexity index is 437. The van der Waals surface area contributed by atoms with Crippen LogP contribution in [0.2, 0.25) is 0 Å². The molecule has 2 rings (SSSR count). The van der Waals surface area contributed by atoms with E-state index >= 15 is 0 Å². The second kappa shape index (κ2) is 3.88. The fourth-order valence-electron chi connectivity index (χ4n) is 1.34. The van der Waals surface area contributed by atoms with Crippen LogP contribution in [0.5, 0.6) is 0 Å². The van der Waals surface area contributed by atoms with Crippen molar-refractivity contribution in [2.24, 2.45) is 0 Å². The summed E-state index contributed by atoms with van der Waals surface area (Å²) in [6.45, 7) is 0.750. The van der Waals surface area contributed by atoms with E-state index in [1.807, 2.05) is 0 Å². The van der Waals surface area contributed by atoms with Gasteiger partial charge in [0.15, 0.2) is 0 Å². The third kappa shape index (κ3) is 2.01. The molecule has 6 heteroatoms. The maximum Gasteiger partial charge on any atom is 0.265 e. The Morgan fingerprint density at radius 2 is 1.93 bits per heavy atom. The van der Waals surface area contributed by atoms with E-state index in [2.05, 4.69) is 0 Å². The van der Waals surface area contributed by atoms with Crippen molar-refractivity contribution in [3.8, 4) is 0 Å². The van der Waals surface area contributed by atoms with Crippen LogP contribution >= 0.6 is 0 Å². The van der Waals surface area contributed by atoms with Crippen LogP contribution in [-0.4, -0.2) is 26.0 Å². The summed E-state index contributed by atoms with van der Waals surface area (Å²) in [6, 6.07) is 4.69. The Hall–Kier alpha value is -0.980. The highest BCUT2D eigenvalue weighted by atomic mass is 32.2. The van der Waals surface area contributed by atoms with Crippen LogP contribution in [-0.2, 0) is 14.9 Å². The first-order valence-electron chi connectivity index (χ1n) is 4.52. The van der Waals surface area contributed by atoms with Crippen molar-refractivity contribution >= 4 is 10.0 Å². The van der Waals surface area contributed by atoms with Gasteiger partial charge in [0.05, 0.1) is 11.5 Å². The summed E-state index contributed by atoms with van der Waals surface area (Å²) in [5.74, 6) is -0.462. The average molecular weight is 231 g/mol. The van der Waals surface area contributed by atoms with Crippen LogP contribution in [0.15, 0.2) is 29.2 Å². The zero-order chi connectivity index (χ0) is 10.9. The molecule has 0 atom stereocenters. The van der Waals surface area contributed by atoms with Crippen LogP contribution in [0.3, 0.4) is 0 Å². The summed E-state index contributed by atoms with van der Waals surface area (Å²) in [6.07, 6.45) is 0.681. The van der Waals surface area contributed by atoms with Gasteiger partial charge in [-0.15, -0.1) is 0 Å². The lowest BCUT2D eigenvalue weighted by atomic mass is 10.4. The van der Waals surface area contributed by atoms with Gasteiger partial charge >= 0.3 is 0 Å². The fraction of sp³-hybridized carbons (Fsp3) is 0.333. The second-order valence-corrected chi connectivity index (χ2v) is 5.00. The van der Waals surface area contributed by atoms with Gasteiger partial charge in [-0.1, -0.05) is 4.47 Å². The summed E-state index contributed by atoms with van der Waals surface area (Å²) < 4.78 is 37.2. The van der Waals surface area contributed by atoms with Crippen LogP contribution < -0.4 is 0 Å². The lowest BCUT2D eigenvalue weighted by molar-refractivity contribution is -0.0284. The van der Waals surface area contributed by atoms with Gasteiger partial charge in [0.1, 0.15) is 5.82 Å². The van der Waals surface area contributed by atoms with E-state index < -0.39 is 15.8 Å². The van der Waals surface area contributed by atoms with Crippen LogP contribution in [0.25, 0.3) is 0 Å². The lowest BCUT2D eigenvalue weighted by Gasteiger charge is -2.13. The number of hydroxylamine groups is 1. The molecule has 1 aromatic rings. The molecule has 1 saturated heterocycles. The van der Waals surface area contributed by atoms with E-state index in [1.54, 1.807) is 0 Å². The third-order valence-corrected chi connectivity index (χ3v) is 3.79.